The quantitative estimate of drug-likeness (QED) is 0.724. The SMILES string of the molecule is CC(NC(=O)c1noc2ccccc12)c1ccc(OCC(C)(F)F)nc1. The van der Waals surface area contributed by atoms with Crippen LogP contribution in [0, 0.1) is 0 Å². The predicted molar refractivity (Wildman–Crippen MR) is 90.2 cm³/mol. The average Bonchev–Trinajstić information content (AvgIpc) is 3.04. The van der Waals surface area contributed by atoms with Crippen LogP contribution in [0.15, 0.2) is 47.1 Å². The summed E-state index contributed by atoms with van der Waals surface area (Å²) in [6.45, 7) is 1.80. The molecule has 0 fully saturated rings. The highest BCUT2D eigenvalue weighted by Gasteiger charge is 2.22. The fourth-order valence-corrected chi connectivity index (χ4v) is 2.33. The third-order valence-corrected chi connectivity index (χ3v) is 3.67. The maximum atomic E-state index is 12.8. The van der Waals surface area contributed by atoms with Crippen molar-refractivity contribution in [2.75, 3.05) is 6.61 Å². The van der Waals surface area contributed by atoms with E-state index in [9.17, 15) is 13.6 Å². The van der Waals surface area contributed by atoms with E-state index in [-0.39, 0.29) is 23.5 Å². The van der Waals surface area contributed by atoms with Crippen LogP contribution in [0.1, 0.15) is 35.9 Å². The monoisotopic (exact) mass is 361 g/mol. The van der Waals surface area contributed by atoms with Crippen molar-refractivity contribution in [3.05, 3.63) is 53.9 Å². The van der Waals surface area contributed by atoms with E-state index >= 15 is 0 Å². The molecule has 6 nitrogen and oxygen atoms in total. The Morgan fingerprint density at radius 2 is 2.08 bits per heavy atom. The second-order valence-corrected chi connectivity index (χ2v) is 6.01. The zero-order valence-electron chi connectivity index (χ0n) is 14.2. The molecule has 136 valence electrons. The Morgan fingerprint density at radius 1 is 1.31 bits per heavy atom. The van der Waals surface area contributed by atoms with Gasteiger partial charge < -0.3 is 14.6 Å². The molecule has 2 heterocycles. The van der Waals surface area contributed by atoms with E-state index in [1.807, 2.05) is 0 Å². The molecule has 3 rings (SSSR count). The van der Waals surface area contributed by atoms with Gasteiger partial charge in [-0.3, -0.25) is 4.79 Å². The molecule has 0 saturated carbocycles. The number of halogens is 2. The number of alkyl halides is 2. The lowest BCUT2D eigenvalue weighted by Gasteiger charge is -2.14. The van der Waals surface area contributed by atoms with Gasteiger partial charge in [0, 0.05) is 19.2 Å². The topological polar surface area (TPSA) is 77.2 Å². The third kappa shape index (κ3) is 4.14. The minimum absolute atomic E-state index is 0.0938. The summed E-state index contributed by atoms with van der Waals surface area (Å²) >= 11 is 0. The van der Waals surface area contributed by atoms with Gasteiger partial charge in [0.15, 0.2) is 17.9 Å². The lowest BCUT2D eigenvalue weighted by molar-refractivity contribution is -0.0242. The van der Waals surface area contributed by atoms with Crippen LogP contribution >= 0.6 is 0 Å². The second kappa shape index (κ2) is 7.07. The summed E-state index contributed by atoms with van der Waals surface area (Å²) in [5.74, 6) is -3.22. The molecule has 26 heavy (non-hydrogen) atoms. The number of hydrogen-bond donors (Lipinski definition) is 1. The Bertz CT molecular complexity index is 904. The standard InChI is InChI=1S/C18H17F2N3O3/c1-11(12-7-8-15(21-9-12)25-10-18(2,19)20)22-17(24)16-13-5-3-4-6-14(13)26-23-16/h3-9,11H,10H2,1-2H3,(H,22,24). The number of fused-ring (bicyclic) bond motifs is 1. The summed E-state index contributed by atoms with van der Waals surface area (Å²) in [4.78, 5) is 16.4. The van der Waals surface area contributed by atoms with Crippen LogP contribution in [0.5, 0.6) is 5.88 Å². The van der Waals surface area contributed by atoms with Gasteiger partial charge in [-0.05, 0) is 24.6 Å². The number of nitrogens with zero attached hydrogens (tertiary/aromatic N) is 2. The lowest BCUT2D eigenvalue weighted by atomic mass is 10.1. The van der Waals surface area contributed by atoms with Crippen LogP contribution in [-0.2, 0) is 0 Å². The summed E-state index contributed by atoms with van der Waals surface area (Å²) < 4.78 is 35.6. The van der Waals surface area contributed by atoms with Gasteiger partial charge in [0.05, 0.1) is 11.4 Å². The molecule has 1 N–H and O–H groups in total. The smallest absolute Gasteiger partial charge is 0.278 e. The van der Waals surface area contributed by atoms with Crippen LogP contribution in [0.3, 0.4) is 0 Å². The molecule has 0 aliphatic carbocycles. The van der Waals surface area contributed by atoms with E-state index in [2.05, 4.69) is 15.5 Å². The van der Waals surface area contributed by atoms with Gasteiger partial charge in [-0.1, -0.05) is 23.4 Å². The molecule has 3 aromatic rings. The van der Waals surface area contributed by atoms with Gasteiger partial charge in [-0.25, -0.2) is 13.8 Å². The Labute approximate surface area is 148 Å². The fraction of sp³-hybridized carbons (Fsp3) is 0.278. The number of amides is 1. The predicted octanol–water partition coefficient (Wildman–Crippen LogP) is 3.75. The van der Waals surface area contributed by atoms with E-state index in [1.54, 1.807) is 37.3 Å². The first-order valence-electron chi connectivity index (χ1n) is 7.95. The number of carbonyl (C=O) groups excluding carboxylic acids is 1. The number of nitrogens with one attached hydrogen (secondary N) is 1. The normalized spacial score (nSPS) is 12.8. The van der Waals surface area contributed by atoms with Crippen LogP contribution in [0.2, 0.25) is 0 Å². The number of para-hydroxylation sites is 1. The number of carbonyl (C=O) groups is 1. The summed E-state index contributed by atoms with van der Waals surface area (Å²) in [5.41, 5.74) is 1.42. The zero-order valence-corrected chi connectivity index (χ0v) is 14.2. The summed E-state index contributed by atoms with van der Waals surface area (Å²) in [7, 11) is 0. The fourth-order valence-electron chi connectivity index (χ4n) is 2.33. The number of benzene rings is 1. The number of rotatable bonds is 6. The van der Waals surface area contributed by atoms with Crippen LogP contribution < -0.4 is 10.1 Å². The highest BCUT2D eigenvalue weighted by atomic mass is 19.3. The van der Waals surface area contributed by atoms with E-state index in [0.717, 1.165) is 6.92 Å². The van der Waals surface area contributed by atoms with Gasteiger partial charge in [-0.15, -0.1) is 0 Å². The Balaban J connectivity index is 1.66. The van der Waals surface area contributed by atoms with Crippen molar-refractivity contribution in [2.45, 2.75) is 25.8 Å². The Morgan fingerprint density at radius 3 is 2.77 bits per heavy atom. The minimum Gasteiger partial charge on any atom is -0.471 e. The molecular formula is C18H17F2N3O3. The average molecular weight is 361 g/mol. The van der Waals surface area contributed by atoms with Gasteiger partial charge >= 0.3 is 0 Å². The van der Waals surface area contributed by atoms with E-state index in [0.29, 0.717) is 16.5 Å². The first-order chi connectivity index (χ1) is 12.3. The van der Waals surface area contributed by atoms with Crippen LogP contribution in [0.4, 0.5) is 8.78 Å². The Kier molecular flexibility index (Phi) is 4.83. The third-order valence-electron chi connectivity index (χ3n) is 3.67. The zero-order chi connectivity index (χ0) is 18.7. The molecule has 0 aliphatic rings. The molecular weight excluding hydrogens is 344 g/mol. The van der Waals surface area contributed by atoms with E-state index in [4.69, 9.17) is 9.26 Å². The van der Waals surface area contributed by atoms with Crippen molar-refractivity contribution in [3.8, 4) is 5.88 Å². The largest absolute Gasteiger partial charge is 0.471 e. The number of pyridine rings is 1. The number of ether oxygens (including phenoxy) is 1. The molecule has 1 unspecified atom stereocenters. The second-order valence-electron chi connectivity index (χ2n) is 6.01. The van der Waals surface area contributed by atoms with Crippen molar-refractivity contribution in [1.82, 2.24) is 15.5 Å². The van der Waals surface area contributed by atoms with Crippen molar-refractivity contribution in [1.29, 1.82) is 0 Å². The van der Waals surface area contributed by atoms with Crippen molar-refractivity contribution < 1.29 is 22.8 Å². The van der Waals surface area contributed by atoms with E-state index in [1.165, 1.54) is 12.3 Å². The molecule has 0 saturated heterocycles. The minimum atomic E-state index is -2.93. The van der Waals surface area contributed by atoms with Gasteiger partial charge in [-0.2, -0.15) is 0 Å². The van der Waals surface area contributed by atoms with E-state index < -0.39 is 12.5 Å². The molecule has 1 aromatic carbocycles. The maximum Gasteiger partial charge on any atom is 0.278 e. The van der Waals surface area contributed by atoms with Crippen LogP contribution in [-0.4, -0.2) is 28.6 Å². The molecule has 0 bridgehead atoms. The van der Waals surface area contributed by atoms with Gasteiger partial charge in [0.25, 0.3) is 11.8 Å². The number of hydrogen-bond acceptors (Lipinski definition) is 5. The summed E-state index contributed by atoms with van der Waals surface area (Å²) in [5, 5.41) is 7.24. The molecule has 1 atom stereocenters. The molecule has 0 radical (unpaired) electrons. The van der Waals surface area contributed by atoms with Gasteiger partial charge in [0.2, 0.25) is 5.88 Å². The van der Waals surface area contributed by atoms with Crippen molar-refractivity contribution >= 4 is 16.9 Å². The maximum absolute atomic E-state index is 12.8. The first-order valence-corrected chi connectivity index (χ1v) is 7.95. The summed E-state index contributed by atoms with van der Waals surface area (Å²) in [6, 6.07) is 9.83. The number of aromatic nitrogens is 2. The molecule has 2 aromatic heterocycles. The van der Waals surface area contributed by atoms with Gasteiger partial charge in [0.1, 0.15) is 0 Å². The van der Waals surface area contributed by atoms with Crippen molar-refractivity contribution in [2.24, 2.45) is 0 Å². The van der Waals surface area contributed by atoms with Crippen molar-refractivity contribution in [3.63, 3.8) is 0 Å². The molecule has 8 heteroatoms. The molecule has 0 aliphatic heterocycles. The Hall–Kier alpha value is -3.03. The first kappa shape index (κ1) is 17.8. The molecule has 0 spiro atoms. The highest BCUT2D eigenvalue weighted by molar-refractivity contribution is 6.04. The molecule has 1 amide bonds. The highest BCUT2D eigenvalue weighted by Crippen LogP contribution is 2.20. The van der Waals surface area contributed by atoms with Crippen LogP contribution in [0.25, 0.3) is 11.0 Å². The summed E-state index contributed by atoms with van der Waals surface area (Å²) in [6.07, 6.45) is 1.47. The lowest BCUT2D eigenvalue weighted by Crippen LogP contribution is -2.27.